The zero-order valence-electron chi connectivity index (χ0n) is 18.1. The Labute approximate surface area is 172 Å². The smallest absolute Gasteiger partial charge is 0.408 e. The van der Waals surface area contributed by atoms with Gasteiger partial charge in [0.1, 0.15) is 17.7 Å². The summed E-state index contributed by atoms with van der Waals surface area (Å²) in [5.41, 5.74) is -0.115. The average molecular weight is 408 g/mol. The number of ether oxygens (including phenoxy) is 1. The van der Waals surface area contributed by atoms with Crippen LogP contribution in [0.3, 0.4) is 0 Å². The lowest BCUT2D eigenvalue weighted by Crippen LogP contribution is -2.54. The number of rotatable bonds is 8. The number of alkyl carbamates (subject to hydrolysis) is 1. The molecule has 29 heavy (non-hydrogen) atoms. The van der Waals surface area contributed by atoms with Crippen LogP contribution in [0.2, 0.25) is 0 Å². The minimum Gasteiger partial charge on any atom is -0.444 e. The third-order valence-electron chi connectivity index (χ3n) is 3.90. The van der Waals surface area contributed by atoms with Crippen LogP contribution in [0.5, 0.6) is 0 Å². The van der Waals surface area contributed by atoms with Crippen LogP contribution in [0, 0.1) is 0 Å². The number of aliphatic hydroxyl groups is 1. The van der Waals surface area contributed by atoms with Crippen molar-refractivity contribution in [1.29, 1.82) is 0 Å². The number of carbonyl (C=O) groups excluding carboxylic acids is 3. The van der Waals surface area contributed by atoms with Gasteiger partial charge in [0, 0.05) is 12.6 Å². The van der Waals surface area contributed by atoms with Crippen molar-refractivity contribution < 1.29 is 24.2 Å². The van der Waals surface area contributed by atoms with Gasteiger partial charge in [-0.05, 0) is 47.1 Å². The summed E-state index contributed by atoms with van der Waals surface area (Å²) in [4.78, 5) is 39.4. The summed E-state index contributed by atoms with van der Waals surface area (Å²) < 4.78 is 5.17. The molecule has 2 atom stereocenters. The Hall–Kier alpha value is -2.61. The van der Waals surface area contributed by atoms with E-state index < -0.39 is 36.3 Å². The SMILES string of the molecule is CCN(C(=O)C(CO)NC(=O)OC(C)(C)C)C(C(=O)NC(C)C)c1ccccc1. The molecule has 0 saturated carbocycles. The Balaban J connectivity index is 3.15. The summed E-state index contributed by atoms with van der Waals surface area (Å²) in [5, 5.41) is 14.9. The van der Waals surface area contributed by atoms with E-state index in [1.807, 2.05) is 19.9 Å². The first-order valence-corrected chi connectivity index (χ1v) is 9.76. The van der Waals surface area contributed by atoms with E-state index in [-0.39, 0.29) is 18.5 Å². The molecule has 2 unspecified atom stereocenters. The van der Waals surface area contributed by atoms with Gasteiger partial charge in [-0.2, -0.15) is 0 Å². The van der Waals surface area contributed by atoms with Gasteiger partial charge in [0.05, 0.1) is 6.61 Å². The summed E-state index contributed by atoms with van der Waals surface area (Å²) >= 11 is 0. The van der Waals surface area contributed by atoms with Crippen molar-refractivity contribution in [3.63, 3.8) is 0 Å². The van der Waals surface area contributed by atoms with Crippen LogP contribution in [0.25, 0.3) is 0 Å². The van der Waals surface area contributed by atoms with Gasteiger partial charge in [-0.15, -0.1) is 0 Å². The van der Waals surface area contributed by atoms with Gasteiger partial charge in [0.2, 0.25) is 11.8 Å². The monoisotopic (exact) mass is 407 g/mol. The predicted octanol–water partition coefficient (Wildman–Crippen LogP) is 1.99. The highest BCUT2D eigenvalue weighted by atomic mass is 16.6. The molecule has 8 heteroatoms. The third kappa shape index (κ3) is 7.73. The molecule has 0 aliphatic heterocycles. The molecular weight excluding hydrogens is 374 g/mol. The molecule has 0 saturated heterocycles. The van der Waals surface area contributed by atoms with Gasteiger partial charge in [0.15, 0.2) is 0 Å². The highest BCUT2D eigenvalue weighted by Crippen LogP contribution is 2.22. The van der Waals surface area contributed by atoms with Gasteiger partial charge in [0.25, 0.3) is 0 Å². The lowest BCUT2D eigenvalue weighted by atomic mass is 10.0. The minimum absolute atomic E-state index is 0.115. The fourth-order valence-corrected chi connectivity index (χ4v) is 2.77. The number of hydrogen-bond donors (Lipinski definition) is 3. The lowest BCUT2D eigenvalue weighted by molar-refractivity contribution is -0.143. The summed E-state index contributed by atoms with van der Waals surface area (Å²) in [7, 11) is 0. The van der Waals surface area contributed by atoms with Crippen LogP contribution in [-0.2, 0) is 14.3 Å². The molecule has 1 aromatic rings. The molecule has 8 nitrogen and oxygen atoms in total. The van der Waals surface area contributed by atoms with Crippen LogP contribution >= 0.6 is 0 Å². The highest BCUT2D eigenvalue weighted by Gasteiger charge is 2.35. The predicted molar refractivity (Wildman–Crippen MR) is 110 cm³/mol. The van der Waals surface area contributed by atoms with E-state index in [1.54, 1.807) is 52.0 Å². The standard InChI is InChI=1S/C21H33N3O5/c1-7-24(19(27)16(13-25)23-20(28)29-21(4,5)6)17(18(26)22-14(2)3)15-11-9-8-10-12-15/h8-12,14,16-17,25H,7,13H2,1-6H3,(H,22,26)(H,23,28). The van der Waals surface area contributed by atoms with Crippen molar-refractivity contribution in [2.45, 2.75) is 65.3 Å². The van der Waals surface area contributed by atoms with Gasteiger partial charge < -0.3 is 25.4 Å². The van der Waals surface area contributed by atoms with Crippen LogP contribution < -0.4 is 10.6 Å². The number of aliphatic hydroxyl groups excluding tert-OH is 1. The fraction of sp³-hybridized carbons (Fsp3) is 0.571. The molecule has 0 heterocycles. The molecule has 162 valence electrons. The number of benzene rings is 1. The summed E-state index contributed by atoms with van der Waals surface area (Å²) in [6.07, 6.45) is -0.816. The molecule has 0 fully saturated rings. The number of nitrogens with zero attached hydrogens (tertiary/aromatic N) is 1. The molecule has 0 aliphatic rings. The molecule has 3 amide bonds. The van der Waals surface area contributed by atoms with Crippen molar-refractivity contribution in [3.05, 3.63) is 35.9 Å². The number of hydrogen-bond acceptors (Lipinski definition) is 5. The van der Waals surface area contributed by atoms with E-state index in [0.29, 0.717) is 5.56 Å². The third-order valence-corrected chi connectivity index (χ3v) is 3.90. The average Bonchev–Trinajstić information content (AvgIpc) is 2.62. The van der Waals surface area contributed by atoms with E-state index >= 15 is 0 Å². The van der Waals surface area contributed by atoms with Crippen LogP contribution in [-0.4, -0.2) is 58.8 Å². The van der Waals surface area contributed by atoms with E-state index in [9.17, 15) is 19.5 Å². The Morgan fingerprint density at radius 2 is 1.69 bits per heavy atom. The van der Waals surface area contributed by atoms with Crippen LogP contribution in [0.15, 0.2) is 30.3 Å². The lowest BCUT2D eigenvalue weighted by Gasteiger charge is -2.33. The van der Waals surface area contributed by atoms with Crippen molar-refractivity contribution >= 4 is 17.9 Å². The Morgan fingerprint density at radius 3 is 2.14 bits per heavy atom. The van der Waals surface area contributed by atoms with Crippen LogP contribution in [0.4, 0.5) is 4.79 Å². The highest BCUT2D eigenvalue weighted by molar-refractivity contribution is 5.92. The molecular formula is C21H33N3O5. The molecule has 0 aliphatic carbocycles. The number of likely N-dealkylation sites (N-methyl/N-ethyl adjacent to an activating group) is 1. The van der Waals surface area contributed by atoms with E-state index in [1.165, 1.54) is 4.90 Å². The minimum atomic E-state index is -1.23. The first-order valence-electron chi connectivity index (χ1n) is 9.76. The normalized spacial score (nSPS) is 13.4. The van der Waals surface area contributed by atoms with E-state index in [0.717, 1.165) is 0 Å². The second kappa shape index (κ2) is 10.8. The number of amides is 3. The largest absolute Gasteiger partial charge is 0.444 e. The molecule has 3 N–H and O–H groups in total. The zero-order chi connectivity index (χ0) is 22.2. The molecule has 1 aromatic carbocycles. The summed E-state index contributed by atoms with van der Waals surface area (Å²) in [6.45, 7) is 10.1. The van der Waals surface area contributed by atoms with E-state index in [4.69, 9.17) is 4.74 Å². The van der Waals surface area contributed by atoms with Gasteiger partial charge >= 0.3 is 6.09 Å². The second-order valence-electron chi connectivity index (χ2n) is 7.98. The fourth-order valence-electron chi connectivity index (χ4n) is 2.77. The van der Waals surface area contributed by atoms with Gasteiger partial charge in [-0.25, -0.2) is 4.79 Å². The van der Waals surface area contributed by atoms with Crippen molar-refractivity contribution in [2.24, 2.45) is 0 Å². The Bertz CT molecular complexity index is 685. The first-order chi connectivity index (χ1) is 13.5. The molecule has 1 rings (SSSR count). The second-order valence-corrected chi connectivity index (χ2v) is 7.98. The van der Waals surface area contributed by atoms with Gasteiger partial charge in [-0.1, -0.05) is 30.3 Å². The molecule has 0 radical (unpaired) electrons. The molecule has 0 bridgehead atoms. The Morgan fingerprint density at radius 1 is 1.10 bits per heavy atom. The summed E-state index contributed by atoms with van der Waals surface area (Å²) in [6, 6.07) is 6.66. The van der Waals surface area contributed by atoms with Crippen molar-refractivity contribution in [2.75, 3.05) is 13.2 Å². The maximum atomic E-state index is 13.1. The first kappa shape index (κ1) is 24.4. The maximum absolute atomic E-state index is 13.1. The number of nitrogens with one attached hydrogen (secondary N) is 2. The zero-order valence-corrected chi connectivity index (χ0v) is 18.1. The quantitative estimate of drug-likeness (QED) is 0.611. The van der Waals surface area contributed by atoms with Gasteiger partial charge in [-0.3, -0.25) is 9.59 Å². The molecule has 0 aromatic heterocycles. The van der Waals surface area contributed by atoms with E-state index in [2.05, 4.69) is 10.6 Å². The topological polar surface area (TPSA) is 108 Å². The maximum Gasteiger partial charge on any atom is 0.408 e. The van der Waals surface area contributed by atoms with Crippen LogP contribution in [0.1, 0.15) is 53.1 Å². The van der Waals surface area contributed by atoms with Crippen molar-refractivity contribution in [1.82, 2.24) is 15.5 Å². The molecule has 0 spiro atoms. The number of carbonyl (C=O) groups is 3. The van der Waals surface area contributed by atoms with Crippen molar-refractivity contribution in [3.8, 4) is 0 Å². The Kier molecular flexibility index (Phi) is 9.10. The summed E-state index contributed by atoms with van der Waals surface area (Å²) in [5.74, 6) is -0.913.